The van der Waals surface area contributed by atoms with Crippen LogP contribution in [0.4, 0.5) is 0 Å². The van der Waals surface area contributed by atoms with Crippen LogP contribution in [0.5, 0.6) is 11.5 Å². The van der Waals surface area contributed by atoms with E-state index in [1.165, 1.54) is 24.3 Å². The zero-order valence-corrected chi connectivity index (χ0v) is 18.8. The predicted molar refractivity (Wildman–Crippen MR) is 122 cm³/mol. The zero-order chi connectivity index (χ0) is 23.5. The molecule has 7 nitrogen and oxygen atoms in total. The number of ether oxygens (including phenoxy) is 2. The summed E-state index contributed by atoms with van der Waals surface area (Å²) in [4.78, 5) is 27.5. The van der Waals surface area contributed by atoms with Gasteiger partial charge in [-0.3, -0.25) is 9.59 Å². The summed E-state index contributed by atoms with van der Waals surface area (Å²) in [5.41, 5.74) is 0.874. The number of carbonyl (C=O) groups excluding carboxylic acids is 2. The number of Topliss-reactive ketones (excluding diaryl/α,β-unsaturated/α-hetero) is 1. The molecular formula is C25H22ClNO6. The standard InChI is InChI=1S/C25H22ClNO6/c1-3-32-16-8-6-15(7-9-16)14-27-22(20-5-4-12-33-20)21(24(29)25(27)30)23(28)18-13-17(31-2)10-11-19(18)26/h4-13,22,28H,3,14H2,1-2H3/b23-21-. The minimum absolute atomic E-state index is 0.101. The van der Waals surface area contributed by atoms with E-state index in [4.69, 9.17) is 25.5 Å². The van der Waals surface area contributed by atoms with Crippen LogP contribution in [-0.2, 0) is 16.1 Å². The summed E-state index contributed by atoms with van der Waals surface area (Å²) < 4.78 is 16.2. The monoisotopic (exact) mass is 467 g/mol. The molecule has 33 heavy (non-hydrogen) atoms. The highest BCUT2D eigenvalue weighted by molar-refractivity contribution is 6.46. The van der Waals surface area contributed by atoms with Crippen molar-refractivity contribution in [2.45, 2.75) is 19.5 Å². The number of halogens is 1. The van der Waals surface area contributed by atoms with Gasteiger partial charge in [-0.25, -0.2) is 0 Å². The first-order chi connectivity index (χ1) is 15.9. The minimum Gasteiger partial charge on any atom is -0.507 e. The van der Waals surface area contributed by atoms with E-state index in [1.54, 1.807) is 36.4 Å². The maximum atomic E-state index is 13.1. The number of aliphatic hydroxyl groups excluding tert-OH is 1. The van der Waals surface area contributed by atoms with Crippen LogP contribution in [0, 0.1) is 0 Å². The number of furan rings is 1. The fourth-order valence-corrected chi connectivity index (χ4v) is 4.01. The molecule has 170 valence electrons. The summed E-state index contributed by atoms with van der Waals surface area (Å²) >= 11 is 6.29. The van der Waals surface area contributed by atoms with E-state index in [0.29, 0.717) is 23.9 Å². The van der Waals surface area contributed by atoms with E-state index in [0.717, 1.165) is 5.56 Å². The Labute approximate surface area is 195 Å². The number of benzene rings is 2. The molecule has 3 aromatic rings. The molecule has 1 aliphatic rings. The number of amides is 1. The Balaban J connectivity index is 1.79. The summed E-state index contributed by atoms with van der Waals surface area (Å²) in [6.45, 7) is 2.57. The number of nitrogens with zero attached hydrogens (tertiary/aromatic N) is 1. The molecule has 0 radical (unpaired) electrons. The summed E-state index contributed by atoms with van der Waals surface area (Å²) in [5, 5.41) is 11.4. The molecule has 1 saturated heterocycles. The molecule has 0 saturated carbocycles. The lowest BCUT2D eigenvalue weighted by Gasteiger charge is -2.23. The number of hydrogen-bond acceptors (Lipinski definition) is 6. The van der Waals surface area contributed by atoms with Gasteiger partial charge in [0.2, 0.25) is 0 Å². The third-order valence-corrected chi connectivity index (χ3v) is 5.70. The number of aliphatic hydroxyl groups is 1. The van der Waals surface area contributed by atoms with E-state index in [9.17, 15) is 14.7 Å². The summed E-state index contributed by atoms with van der Waals surface area (Å²) in [6, 6.07) is 14.3. The Morgan fingerprint density at radius 1 is 1.12 bits per heavy atom. The summed E-state index contributed by atoms with van der Waals surface area (Å²) in [7, 11) is 1.48. The van der Waals surface area contributed by atoms with E-state index in [2.05, 4.69) is 0 Å². The number of likely N-dealkylation sites (tertiary alicyclic amines) is 1. The van der Waals surface area contributed by atoms with Crippen LogP contribution < -0.4 is 9.47 Å². The lowest BCUT2D eigenvalue weighted by Crippen LogP contribution is -2.29. The number of hydrogen-bond donors (Lipinski definition) is 1. The van der Waals surface area contributed by atoms with Crippen LogP contribution in [0.25, 0.3) is 5.76 Å². The molecule has 2 heterocycles. The van der Waals surface area contributed by atoms with Gasteiger partial charge in [0.15, 0.2) is 0 Å². The van der Waals surface area contributed by atoms with Crippen LogP contribution in [0.3, 0.4) is 0 Å². The molecule has 1 N–H and O–H groups in total. The van der Waals surface area contributed by atoms with Crippen molar-refractivity contribution in [1.82, 2.24) is 4.90 Å². The molecule has 1 amide bonds. The van der Waals surface area contributed by atoms with Crippen molar-refractivity contribution in [3.8, 4) is 11.5 Å². The van der Waals surface area contributed by atoms with Crippen molar-refractivity contribution in [2.75, 3.05) is 13.7 Å². The van der Waals surface area contributed by atoms with E-state index >= 15 is 0 Å². The molecule has 0 aliphatic carbocycles. The van der Waals surface area contributed by atoms with Crippen molar-refractivity contribution >= 4 is 29.1 Å². The normalized spacial score (nSPS) is 17.4. The predicted octanol–water partition coefficient (Wildman–Crippen LogP) is 4.96. The van der Waals surface area contributed by atoms with E-state index in [1.807, 2.05) is 19.1 Å². The molecular weight excluding hydrogens is 446 g/mol. The highest BCUT2D eigenvalue weighted by Crippen LogP contribution is 2.42. The molecule has 1 atom stereocenters. The largest absolute Gasteiger partial charge is 0.507 e. The van der Waals surface area contributed by atoms with Gasteiger partial charge in [-0.05, 0) is 55.0 Å². The fourth-order valence-electron chi connectivity index (χ4n) is 3.80. The van der Waals surface area contributed by atoms with Gasteiger partial charge in [-0.15, -0.1) is 0 Å². The zero-order valence-electron chi connectivity index (χ0n) is 18.1. The molecule has 1 aromatic heterocycles. The smallest absolute Gasteiger partial charge is 0.296 e. The highest BCUT2D eigenvalue weighted by Gasteiger charge is 2.47. The van der Waals surface area contributed by atoms with Crippen LogP contribution in [0.1, 0.15) is 29.9 Å². The lowest BCUT2D eigenvalue weighted by atomic mass is 9.99. The highest BCUT2D eigenvalue weighted by atomic mass is 35.5. The Morgan fingerprint density at radius 2 is 1.85 bits per heavy atom. The van der Waals surface area contributed by atoms with E-state index in [-0.39, 0.29) is 22.7 Å². The second-order valence-electron chi connectivity index (χ2n) is 7.37. The van der Waals surface area contributed by atoms with Crippen LogP contribution in [0.15, 0.2) is 70.9 Å². The molecule has 0 spiro atoms. The number of ketones is 1. The Bertz CT molecular complexity index is 1200. The topological polar surface area (TPSA) is 89.2 Å². The molecule has 0 bridgehead atoms. The number of methoxy groups -OCH3 is 1. The molecule has 8 heteroatoms. The van der Waals surface area contributed by atoms with Crippen molar-refractivity contribution in [1.29, 1.82) is 0 Å². The molecule has 1 aliphatic heterocycles. The average molecular weight is 468 g/mol. The second-order valence-corrected chi connectivity index (χ2v) is 7.77. The summed E-state index contributed by atoms with van der Waals surface area (Å²) in [5.74, 6) is -0.462. The van der Waals surface area contributed by atoms with Gasteiger partial charge in [-0.1, -0.05) is 23.7 Å². The van der Waals surface area contributed by atoms with Crippen molar-refractivity contribution in [3.63, 3.8) is 0 Å². The Hall–Kier alpha value is -3.71. The Kier molecular flexibility index (Phi) is 6.42. The third-order valence-electron chi connectivity index (χ3n) is 5.37. The van der Waals surface area contributed by atoms with Gasteiger partial charge < -0.3 is 23.9 Å². The van der Waals surface area contributed by atoms with Gasteiger partial charge >= 0.3 is 0 Å². The maximum absolute atomic E-state index is 13.1. The van der Waals surface area contributed by atoms with Gasteiger partial charge in [0.25, 0.3) is 11.7 Å². The second kappa shape index (κ2) is 9.42. The first kappa shape index (κ1) is 22.5. The third kappa shape index (κ3) is 4.32. The molecule has 1 fully saturated rings. The van der Waals surface area contributed by atoms with Crippen molar-refractivity contribution in [3.05, 3.63) is 88.3 Å². The number of rotatable bonds is 7. The SMILES string of the molecule is CCOc1ccc(CN2C(=O)C(=O)/C(=C(\O)c3cc(OC)ccc3Cl)C2c2ccco2)cc1. The fraction of sp³-hybridized carbons (Fsp3) is 0.200. The summed E-state index contributed by atoms with van der Waals surface area (Å²) in [6.07, 6.45) is 1.45. The Morgan fingerprint density at radius 3 is 2.48 bits per heavy atom. The van der Waals surface area contributed by atoms with Crippen molar-refractivity contribution < 1.29 is 28.6 Å². The molecule has 4 rings (SSSR count). The first-order valence-electron chi connectivity index (χ1n) is 10.3. The minimum atomic E-state index is -0.922. The van der Waals surface area contributed by atoms with Gasteiger partial charge in [0, 0.05) is 12.1 Å². The molecule has 2 aromatic carbocycles. The van der Waals surface area contributed by atoms with Crippen LogP contribution in [0.2, 0.25) is 5.02 Å². The average Bonchev–Trinajstić information content (AvgIpc) is 3.43. The quantitative estimate of drug-likeness (QED) is 0.300. The van der Waals surface area contributed by atoms with Gasteiger partial charge in [0.05, 0.1) is 30.6 Å². The van der Waals surface area contributed by atoms with Gasteiger partial charge in [-0.2, -0.15) is 0 Å². The van der Waals surface area contributed by atoms with Crippen LogP contribution >= 0.6 is 11.6 Å². The maximum Gasteiger partial charge on any atom is 0.296 e. The van der Waals surface area contributed by atoms with Crippen LogP contribution in [-0.4, -0.2) is 35.4 Å². The number of carbonyl (C=O) groups is 2. The van der Waals surface area contributed by atoms with Crippen molar-refractivity contribution in [2.24, 2.45) is 0 Å². The lowest BCUT2D eigenvalue weighted by molar-refractivity contribution is -0.140. The van der Waals surface area contributed by atoms with Gasteiger partial charge in [0.1, 0.15) is 29.1 Å². The molecule has 1 unspecified atom stereocenters. The first-order valence-corrected chi connectivity index (χ1v) is 10.7. The van der Waals surface area contributed by atoms with E-state index < -0.39 is 23.5 Å².